The fourth-order valence-electron chi connectivity index (χ4n) is 4.32. The van der Waals surface area contributed by atoms with Crippen molar-refractivity contribution in [1.82, 2.24) is 9.62 Å². The Morgan fingerprint density at radius 3 is 2.40 bits per heavy atom. The van der Waals surface area contributed by atoms with Crippen LogP contribution in [0.4, 0.5) is 4.39 Å². The molecule has 0 spiro atoms. The number of likely N-dealkylation sites (tertiary alicyclic amines) is 1. The van der Waals surface area contributed by atoms with Crippen molar-refractivity contribution in [2.45, 2.75) is 24.8 Å². The van der Waals surface area contributed by atoms with Gasteiger partial charge in [-0.3, -0.25) is 9.69 Å². The molecule has 1 atom stereocenters. The number of benzene rings is 2. The highest BCUT2D eigenvalue weighted by Crippen LogP contribution is 2.45. The summed E-state index contributed by atoms with van der Waals surface area (Å²) in [7, 11) is -2.15. The second-order valence-electron chi connectivity index (χ2n) is 9.15. The number of carbonyl (C=O) groups excluding carboxylic acids is 1. The highest BCUT2D eigenvalue weighted by Gasteiger charge is 2.35. The lowest BCUT2D eigenvalue weighted by molar-refractivity contribution is -0.00582. The maximum Gasteiger partial charge on any atom is 0.267 e. The molecule has 4 rings (SSSR count). The van der Waals surface area contributed by atoms with E-state index in [1.807, 2.05) is 16.9 Å². The molecule has 2 aliphatic rings. The molecule has 1 saturated heterocycles. The van der Waals surface area contributed by atoms with Gasteiger partial charge in [0.2, 0.25) is 10.0 Å². The number of sulfonamides is 1. The van der Waals surface area contributed by atoms with Crippen molar-refractivity contribution in [3.8, 4) is 5.75 Å². The van der Waals surface area contributed by atoms with Gasteiger partial charge in [-0.25, -0.2) is 17.5 Å². The summed E-state index contributed by atoms with van der Waals surface area (Å²) in [6.45, 7) is 2.39. The third-order valence-corrected chi connectivity index (χ3v) is 7.13. The minimum absolute atomic E-state index is 0.000408. The van der Waals surface area contributed by atoms with E-state index in [2.05, 4.69) is 4.90 Å². The summed E-state index contributed by atoms with van der Waals surface area (Å²) in [6, 6.07) is 8.05. The molecule has 2 aromatic rings. The summed E-state index contributed by atoms with van der Waals surface area (Å²) < 4.78 is 50.7. The molecule has 7 nitrogen and oxygen atoms in total. The Bertz CT molecular complexity index is 1200. The molecule has 0 radical (unpaired) electrons. The Morgan fingerprint density at radius 1 is 1.17 bits per heavy atom. The molecule has 1 saturated carbocycles. The standard InChI is InChI=1S/C24H27Cl2FN2O5S/c1-33-13-22(16-5-17(25)7-18(26)6-16)29-10-14(11-29)12-34-23-9-21(27)20(8-19(23)15-3-4-15)24(30)28-35(2,31)32/h5-9,14-15,22H,3-4,10-13H2,1-2H3,(H,28,30). The van der Waals surface area contributed by atoms with E-state index in [9.17, 15) is 17.6 Å². The number of halogens is 3. The van der Waals surface area contributed by atoms with Crippen LogP contribution in [-0.2, 0) is 14.8 Å². The van der Waals surface area contributed by atoms with E-state index >= 15 is 0 Å². The van der Waals surface area contributed by atoms with Gasteiger partial charge < -0.3 is 9.47 Å². The quantitative estimate of drug-likeness (QED) is 0.477. The predicted octanol–water partition coefficient (Wildman–Crippen LogP) is 4.40. The molecule has 1 unspecified atom stereocenters. The second-order valence-corrected chi connectivity index (χ2v) is 11.8. The number of ether oxygens (including phenoxy) is 2. The summed E-state index contributed by atoms with van der Waals surface area (Å²) in [6.07, 6.45) is 2.67. The molecule has 35 heavy (non-hydrogen) atoms. The fourth-order valence-corrected chi connectivity index (χ4v) is 5.31. The minimum atomic E-state index is -3.80. The van der Waals surface area contributed by atoms with E-state index < -0.39 is 21.7 Å². The number of nitrogens with one attached hydrogen (secondary N) is 1. The van der Waals surface area contributed by atoms with Crippen LogP contribution < -0.4 is 9.46 Å². The van der Waals surface area contributed by atoms with E-state index in [4.69, 9.17) is 32.7 Å². The van der Waals surface area contributed by atoms with Crippen molar-refractivity contribution < 1.29 is 27.1 Å². The number of hydrogen-bond acceptors (Lipinski definition) is 6. The van der Waals surface area contributed by atoms with Crippen molar-refractivity contribution in [2.75, 3.05) is 39.7 Å². The molecule has 1 N–H and O–H groups in total. The van der Waals surface area contributed by atoms with Gasteiger partial charge in [0, 0.05) is 42.2 Å². The second kappa shape index (κ2) is 10.6. The lowest BCUT2D eigenvalue weighted by Crippen LogP contribution is -2.51. The molecular formula is C24H27Cl2FN2O5S. The van der Waals surface area contributed by atoms with Gasteiger partial charge in [-0.15, -0.1) is 0 Å². The first-order valence-corrected chi connectivity index (χ1v) is 13.9. The molecule has 1 aliphatic carbocycles. The van der Waals surface area contributed by atoms with Gasteiger partial charge >= 0.3 is 0 Å². The number of carbonyl (C=O) groups is 1. The molecular weight excluding hydrogens is 518 g/mol. The minimum Gasteiger partial charge on any atom is -0.493 e. The van der Waals surface area contributed by atoms with Gasteiger partial charge in [0.25, 0.3) is 5.91 Å². The summed E-state index contributed by atoms with van der Waals surface area (Å²) >= 11 is 12.4. The van der Waals surface area contributed by atoms with Crippen LogP contribution in [0, 0.1) is 11.7 Å². The monoisotopic (exact) mass is 544 g/mol. The van der Waals surface area contributed by atoms with Gasteiger partial charge in [0.05, 0.1) is 31.1 Å². The van der Waals surface area contributed by atoms with Crippen LogP contribution in [0.3, 0.4) is 0 Å². The van der Waals surface area contributed by atoms with Crippen molar-refractivity contribution in [2.24, 2.45) is 5.92 Å². The summed E-state index contributed by atoms with van der Waals surface area (Å²) in [4.78, 5) is 14.5. The van der Waals surface area contributed by atoms with Gasteiger partial charge in [0.1, 0.15) is 11.6 Å². The third kappa shape index (κ3) is 6.65. The molecule has 2 aromatic carbocycles. The lowest BCUT2D eigenvalue weighted by Gasteiger charge is -2.44. The van der Waals surface area contributed by atoms with Crippen LogP contribution in [0.25, 0.3) is 0 Å². The zero-order valence-corrected chi connectivity index (χ0v) is 21.7. The van der Waals surface area contributed by atoms with Gasteiger partial charge in [0.15, 0.2) is 0 Å². The Kier molecular flexibility index (Phi) is 7.92. The SMILES string of the molecule is COCC(c1cc(Cl)cc(Cl)c1)N1CC(COc2cc(F)c(C(=O)NS(C)(=O)=O)cc2C2CC2)C1. The Labute approximate surface area is 214 Å². The Hall–Kier alpha value is -1.91. The number of amides is 1. The predicted molar refractivity (Wildman–Crippen MR) is 132 cm³/mol. The van der Waals surface area contributed by atoms with E-state index in [1.165, 1.54) is 12.1 Å². The lowest BCUT2D eigenvalue weighted by atomic mass is 9.95. The topological polar surface area (TPSA) is 84.9 Å². The van der Waals surface area contributed by atoms with Crippen molar-refractivity contribution in [1.29, 1.82) is 0 Å². The summed E-state index contributed by atoms with van der Waals surface area (Å²) in [5, 5.41) is 1.13. The van der Waals surface area contributed by atoms with Crippen LogP contribution >= 0.6 is 23.2 Å². The van der Waals surface area contributed by atoms with Gasteiger partial charge in [-0.1, -0.05) is 23.2 Å². The van der Waals surface area contributed by atoms with Crippen LogP contribution in [-0.4, -0.2) is 58.9 Å². The van der Waals surface area contributed by atoms with Crippen LogP contribution in [0.5, 0.6) is 5.75 Å². The average molecular weight is 545 g/mol. The van der Waals surface area contributed by atoms with E-state index in [-0.39, 0.29) is 23.4 Å². The van der Waals surface area contributed by atoms with Crippen LogP contribution in [0.1, 0.15) is 46.3 Å². The maximum absolute atomic E-state index is 14.7. The molecule has 11 heteroatoms. The highest BCUT2D eigenvalue weighted by molar-refractivity contribution is 7.89. The zero-order valence-electron chi connectivity index (χ0n) is 19.4. The van der Waals surface area contributed by atoms with Gasteiger partial charge in [-0.05, 0) is 54.2 Å². The first kappa shape index (κ1) is 26.2. The average Bonchev–Trinajstić information content (AvgIpc) is 3.55. The molecule has 190 valence electrons. The number of hydrogen-bond donors (Lipinski definition) is 1. The number of rotatable bonds is 10. The highest BCUT2D eigenvalue weighted by atomic mass is 35.5. The molecule has 0 aromatic heterocycles. The molecule has 2 fully saturated rings. The third-order valence-electron chi connectivity index (χ3n) is 6.13. The maximum atomic E-state index is 14.7. The largest absolute Gasteiger partial charge is 0.493 e. The van der Waals surface area contributed by atoms with Crippen molar-refractivity contribution in [3.05, 3.63) is 62.9 Å². The zero-order chi connectivity index (χ0) is 25.3. The first-order valence-electron chi connectivity index (χ1n) is 11.2. The normalized spacial score (nSPS) is 17.6. The smallest absolute Gasteiger partial charge is 0.267 e. The summed E-state index contributed by atoms with van der Waals surface area (Å²) in [5.74, 6) is -1.01. The van der Waals surface area contributed by atoms with Crippen molar-refractivity contribution >= 4 is 39.1 Å². The van der Waals surface area contributed by atoms with E-state index in [0.717, 1.165) is 43.3 Å². The first-order chi connectivity index (χ1) is 16.5. The Balaban J connectivity index is 1.41. The Morgan fingerprint density at radius 2 is 1.83 bits per heavy atom. The van der Waals surface area contributed by atoms with E-state index in [1.54, 1.807) is 13.2 Å². The molecule has 1 aliphatic heterocycles. The van der Waals surface area contributed by atoms with Crippen LogP contribution in [0.15, 0.2) is 30.3 Å². The number of nitrogens with zero attached hydrogens (tertiary/aromatic N) is 1. The number of methoxy groups -OCH3 is 1. The van der Waals surface area contributed by atoms with Crippen LogP contribution in [0.2, 0.25) is 10.0 Å². The van der Waals surface area contributed by atoms with E-state index in [0.29, 0.717) is 29.0 Å². The molecule has 1 heterocycles. The van der Waals surface area contributed by atoms with Crippen molar-refractivity contribution in [3.63, 3.8) is 0 Å². The molecule has 1 amide bonds. The summed E-state index contributed by atoms with van der Waals surface area (Å²) in [5.41, 5.74) is 1.40. The fraction of sp³-hybridized carbons (Fsp3) is 0.458. The van der Waals surface area contributed by atoms with Gasteiger partial charge in [-0.2, -0.15) is 0 Å². The molecule has 0 bridgehead atoms.